The van der Waals surface area contributed by atoms with E-state index in [-0.39, 0.29) is 28.2 Å². The molecular weight excluding hydrogens is 636 g/mol. The summed E-state index contributed by atoms with van der Waals surface area (Å²) in [7, 11) is 0. The van der Waals surface area contributed by atoms with Gasteiger partial charge in [0.25, 0.3) is 5.69 Å². The first-order valence-electron chi connectivity index (χ1n) is 14.0. The van der Waals surface area contributed by atoms with E-state index in [0.717, 1.165) is 39.1 Å². The molecule has 0 radical (unpaired) electrons. The molecule has 1 aromatic heterocycles. The Kier molecular flexibility index (Phi) is 7.92. The fourth-order valence-corrected chi connectivity index (χ4v) is 8.56. The topological polar surface area (TPSA) is 132 Å². The van der Waals surface area contributed by atoms with Gasteiger partial charge in [-0.1, -0.05) is 79.7 Å². The van der Waals surface area contributed by atoms with Crippen LogP contribution in [0.5, 0.6) is 0 Å². The van der Waals surface area contributed by atoms with Crippen LogP contribution in [0.3, 0.4) is 0 Å². The molecule has 13 heteroatoms. The summed E-state index contributed by atoms with van der Waals surface area (Å²) in [5.74, 6) is -2.83. The van der Waals surface area contributed by atoms with Gasteiger partial charge in [-0.05, 0) is 52.9 Å². The molecule has 2 aliphatic heterocycles. The number of nitro groups is 1. The van der Waals surface area contributed by atoms with Crippen LogP contribution >= 0.6 is 34.7 Å². The molecule has 6 rings (SSSR count). The molecule has 45 heavy (non-hydrogen) atoms. The van der Waals surface area contributed by atoms with Crippen molar-refractivity contribution in [1.29, 1.82) is 0 Å². The van der Waals surface area contributed by atoms with E-state index in [0.29, 0.717) is 20.6 Å². The predicted octanol–water partition coefficient (Wildman–Crippen LogP) is 6.20. The van der Waals surface area contributed by atoms with Gasteiger partial charge in [0.15, 0.2) is 0 Å². The van der Waals surface area contributed by atoms with E-state index in [1.54, 1.807) is 24.3 Å². The third-order valence-electron chi connectivity index (χ3n) is 7.93. The zero-order valence-electron chi connectivity index (χ0n) is 24.4. The molecule has 0 unspecified atom stereocenters. The van der Waals surface area contributed by atoms with E-state index in [1.165, 1.54) is 28.8 Å². The van der Waals surface area contributed by atoms with Crippen LogP contribution in [0, 0.1) is 16.0 Å². The van der Waals surface area contributed by atoms with Gasteiger partial charge >= 0.3 is 4.87 Å². The van der Waals surface area contributed by atoms with E-state index in [1.807, 2.05) is 24.3 Å². The summed E-state index contributed by atoms with van der Waals surface area (Å²) in [5.41, 5.74) is 2.32. The van der Waals surface area contributed by atoms with Crippen molar-refractivity contribution < 1.29 is 19.3 Å². The van der Waals surface area contributed by atoms with Crippen molar-refractivity contribution in [2.75, 3.05) is 10.2 Å². The Hall–Kier alpha value is -4.26. The third kappa shape index (κ3) is 5.69. The summed E-state index contributed by atoms with van der Waals surface area (Å²) in [5, 5.41) is 14.1. The number of halogens is 1. The van der Waals surface area contributed by atoms with Crippen LogP contribution in [0.25, 0.3) is 0 Å². The highest BCUT2D eigenvalue weighted by Crippen LogP contribution is 2.54. The molecule has 3 amide bonds. The van der Waals surface area contributed by atoms with Gasteiger partial charge in [-0.25, -0.2) is 4.90 Å². The van der Waals surface area contributed by atoms with Gasteiger partial charge in [-0.2, -0.15) is 0 Å². The van der Waals surface area contributed by atoms with Crippen molar-refractivity contribution in [3.8, 4) is 0 Å². The van der Waals surface area contributed by atoms with Gasteiger partial charge in [0.1, 0.15) is 11.8 Å². The summed E-state index contributed by atoms with van der Waals surface area (Å²) < 4.78 is 1.36. The fourth-order valence-electron chi connectivity index (χ4n) is 5.66. The first-order chi connectivity index (χ1) is 21.3. The van der Waals surface area contributed by atoms with Gasteiger partial charge in [0, 0.05) is 33.6 Å². The molecule has 3 aromatic carbocycles. The summed E-state index contributed by atoms with van der Waals surface area (Å²) in [6, 6.07) is 19.7. The van der Waals surface area contributed by atoms with Crippen LogP contribution in [-0.4, -0.2) is 32.5 Å². The molecule has 0 saturated carbocycles. The zero-order valence-corrected chi connectivity index (χ0v) is 26.7. The van der Waals surface area contributed by atoms with Gasteiger partial charge < -0.3 is 5.32 Å². The van der Waals surface area contributed by atoms with Crippen LogP contribution in [-0.2, 0) is 26.3 Å². The number of fused-ring (bicyclic) bond motifs is 2. The number of nitrogens with zero attached hydrogens (tertiary/aromatic N) is 3. The summed E-state index contributed by atoms with van der Waals surface area (Å²) in [4.78, 5) is 66.4. The summed E-state index contributed by atoms with van der Waals surface area (Å²) in [6.45, 7) is 5.99. The maximum Gasteiger partial charge on any atom is 0.308 e. The number of carbonyl (C=O) groups is 3. The first-order valence-corrected chi connectivity index (χ1v) is 16.1. The van der Waals surface area contributed by atoms with E-state index >= 15 is 0 Å². The smallest absolute Gasteiger partial charge is 0.308 e. The Morgan fingerprint density at radius 2 is 1.60 bits per heavy atom. The number of non-ortho nitro benzene ring substituents is 1. The lowest BCUT2D eigenvalue weighted by molar-refractivity contribution is -0.384. The number of thiazole rings is 1. The van der Waals surface area contributed by atoms with E-state index < -0.39 is 39.7 Å². The van der Waals surface area contributed by atoms with Crippen molar-refractivity contribution in [1.82, 2.24) is 4.57 Å². The molecule has 1 fully saturated rings. The van der Waals surface area contributed by atoms with E-state index in [4.69, 9.17) is 11.6 Å². The van der Waals surface area contributed by atoms with Crippen molar-refractivity contribution in [3.63, 3.8) is 0 Å². The highest BCUT2D eigenvalue weighted by atomic mass is 35.5. The molecule has 3 atom stereocenters. The molecule has 10 nitrogen and oxygen atoms in total. The number of rotatable bonds is 6. The number of benzene rings is 3. The first kappa shape index (κ1) is 30.8. The molecule has 0 bridgehead atoms. The van der Waals surface area contributed by atoms with Crippen molar-refractivity contribution >= 4 is 69.5 Å². The number of amides is 3. The number of nitrogens with one attached hydrogen (secondary N) is 1. The van der Waals surface area contributed by atoms with Crippen molar-refractivity contribution in [2.24, 2.45) is 5.92 Å². The second kappa shape index (κ2) is 11.6. The normalized spacial score (nSPS) is 19.3. The maximum atomic E-state index is 14.1. The van der Waals surface area contributed by atoms with Crippen LogP contribution in [0.2, 0.25) is 5.02 Å². The number of anilines is 2. The average molecular weight is 663 g/mol. The standard InChI is InChI=1S/C32H27ClN4O6S2/c1-32(2,3)18-6-4-17(5-7-18)24-25-26(29(40)36(28(25)39)21-12-14-22(15-13-21)37(42)43)44-30-27(24)45-31(41)35(30)16-23(38)34-20-10-8-19(33)9-11-20/h4-15,24-26H,16H2,1-3H3,(H,34,38)/t24-,25-,26+/m0/s1. The summed E-state index contributed by atoms with van der Waals surface area (Å²) in [6.07, 6.45) is 0. The van der Waals surface area contributed by atoms with Gasteiger partial charge in [0.05, 0.1) is 21.6 Å². The molecule has 0 aliphatic carbocycles. The minimum atomic E-state index is -0.882. The molecule has 230 valence electrons. The number of hydrogen-bond donors (Lipinski definition) is 1. The second-order valence-corrected chi connectivity index (χ2v) is 14.4. The van der Waals surface area contributed by atoms with E-state index in [2.05, 4.69) is 26.1 Å². The largest absolute Gasteiger partial charge is 0.325 e. The minimum Gasteiger partial charge on any atom is -0.325 e. The Morgan fingerprint density at radius 1 is 0.956 bits per heavy atom. The molecule has 1 saturated heterocycles. The Balaban J connectivity index is 1.41. The number of hydrogen-bond acceptors (Lipinski definition) is 8. The fraction of sp³-hybridized carbons (Fsp3) is 0.250. The number of nitro benzene ring substituents is 1. The van der Waals surface area contributed by atoms with Gasteiger partial charge in [0.2, 0.25) is 17.7 Å². The van der Waals surface area contributed by atoms with Crippen molar-refractivity contribution in [2.45, 2.75) is 48.9 Å². The van der Waals surface area contributed by atoms with Crippen molar-refractivity contribution in [3.05, 3.63) is 114 Å². The van der Waals surface area contributed by atoms with Crippen LogP contribution in [0.4, 0.5) is 17.1 Å². The van der Waals surface area contributed by atoms with Crippen LogP contribution in [0.1, 0.15) is 42.7 Å². The SMILES string of the molecule is CC(C)(C)c1ccc([C@@H]2c3sc(=O)n(CC(=O)Nc4ccc(Cl)cc4)c3S[C@H]3C(=O)N(c4ccc([N+](=O)[O-])cc4)C(=O)[C@@H]23)cc1. The number of aromatic nitrogens is 1. The Morgan fingerprint density at radius 3 is 2.20 bits per heavy atom. The molecule has 3 heterocycles. The minimum absolute atomic E-state index is 0.119. The van der Waals surface area contributed by atoms with Crippen LogP contribution < -0.4 is 15.1 Å². The molecule has 1 N–H and O–H groups in total. The lowest BCUT2D eigenvalue weighted by Gasteiger charge is -2.31. The maximum absolute atomic E-state index is 14.1. The lowest BCUT2D eigenvalue weighted by Crippen LogP contribution is -2.33. The highest BCUT2D eigenvalue weighted by molar-refractivity contribution is 8.00. The monoisotopic (exact) mass is 662 g/mol. The molecule has 4 aromatic rings. The Labute approximate surface area is 271 Å². The number of thioether (sulfide) groups is 1. The quantitative estimate of drug-likeness (QED) is 0.148. The predicted molar refractivity (Wildman–Crippen MR) is 174 cm³/mol. The third-order valence-corrected chi connectivity index (χ3v) is 10.8. The second-order valence-electron chi connectivity index (χ2n) is 11.9. The Bertz CT molecular complexity index is 1900. The molecular formula is C32H27ClN4O6S2. The van der Waals surface area contributed by atoms with Crippen LogP contribution in [0.15, 0.2) is 82.6 Å². The number of imide groups is 1. The number of carbonyl (C=O) groups excluding carboxylic acids is 3. The van der Waals surface area contributed by atoms with Gasteiger partial charge in [-0.15, -0.1) is 0 Å². The highest BCUT2D eigenvalue weighted by Gasteiger charge is 2.56. The molecule has 2 aliphatic rings. The lowest BCUT2D eigenvalue weighted by atomic mass is 9.81. The van der Waals surface area contributed by atoms with Gasteiger partial charge in [-0.3, -0.25) is 33.9 Å². The zero-order chi connectivity index (χ0) is 32.2. The average Bonchev–Trinajstić information content (AvgIpc) is 3.44. The van der Waals surface area contributed by atoms with E-state index in [9.17, 15) is 29.3 Å². The summed E-state index contributed by atoms with van der Waals surface area (Å²) >= 11 is 8.02. The molecule has 0 spiro atoms.